The second-order valence-electron chi connectivity index (χ2n) is 7.46. The number of aromatic amines is 1. The van der Waals surface area contributed by atoms with Crippen molar-refractivity contribution in [2.24, 2.45) is 0 Å². The Kier molecular flexibility index (Phi) is 4.03. The lowest BCUT2D eigenvalue weighted by atomic mass is 10.0. The van der Waals surface area contributed by atoms with Gasteiger partial charge in [-0.1, -0.05) is 24.1 Å². The van der Waals surface area contributed by atoms with Crippen molar-refractivity contribution in [3.8, 4) is 23.5 Å². The van der Waals surface area contributed by atoms with Crippen LogP contribution in [0.1, 0.15) is 5.69 Å². The Labute approximate surface area is 164 Å². The number of rotatable bonds is 2. The van der Waals surface area contributed by atoms with Crippen LogP contribution in [0.5, 0.6) is 0 Å². The van der Waals surface area contributed by atoms with E-state index in [0.29, 0.717) is 5.69 Å². The molecule has 2 aromatic heterocycles. The van der Waals surface area contributed by atoms with Crippen LogP contribution < -0.4 is 4.90 Å². The van der Waals surface area contributed by atoms with Crippen molar-refractivity contribution in [1.29, 1.82) is 0 Å². The van der Waals surface area contributed by atoms with Crippen molar-refractivity contribution in [1.82, 2.24) is 14.9 Å². The third kappa shape index (κ3) is 2.90. The number of pyridine rings is 1. The summed E-state index contributed by atoms with van der Waals surface area (Å²) in [4.78, 5) is 12.7. The second kappa shape index (κ2) is 6.70. The average molecular weight is 366 g/mol. The number of terminal acetylenes is 1. The van der Waals surface area contributed by atoms with Gasteiger partial charge < -0.3 is 14.8 Å². The molecular weight excluding hydrogens is 344 g/mol. The summed E-state index contributed by atoms with van der Waals surface area (Å²) in [7, 11) is 2.18. The molecule has 28 heavy (non-hydrogen) atoms. The topological polar surface area (TPSA) is 35.2 Å². The van der Waals surface area contributed by atoms with E-state index in [1.807, 2.05) is 6.07 Å². The molecule has 4 heteroatoms. The molecule has 1 aliphatic rings. The number of aromatic nitrogens is 2. The van der Waals surface area contributed by atoms with Crippen LogP contribution in [0, 0.1) is 12.3 Å². The molecule has 1 saturated heterocycles. The van der Waals surface area contributed by atoms with Crippen LogP contribution in [-0.4, -0.2) is 48.1 Å². The minimum absolute atomic E-state index is 0.652. The zero-order valence-corrected chi connectivity index (χ0v) is 15.9. The smallest absolute Gasteiger partial charge is 0.139 e. The maximum absolute atomic E-state index is 5.48. The Morgan fingerprint density at radius 2 is 1.64 bits per heavy atom. The zero-order valence-electron chi connectivity index (χ0n) is 15.9. The standard InChI is InChI=1S/C24H22N4/c1-3-19-7-10-21-22-16-18(6-11-23(22)26-24(21)25-19)17-4-8-20(9-5-17)28-14-12-27(2)13-15-28/h1,4-11,16H,12-15H2,2H3,(H,25,26). The Bertz CT molecular complexity index is 1190. The van der Waals surface area contributed by atoms with E-state index in [4.69, 9.17) is 6.42 Å². The number of fused-ring (bicyclic) bond motifs is 3. The van der Waals surface area contributed by atoms with Gasteiger partial charge in [0, 0.05) is 48.2 Å². The van der Waals surface area contributed by atoms with Crippen molar-refractivity contribution >= 4 is 27.6 Å². The van der Waals surface area contributed by atoms with Crippen LogP contribution in [0.2, 0.25) is 0 Å². The highest BCUT2D eigenvalue weighted by atomic mass is 15.2. The van der Waals surface area contributed by atoms with Gasteiger partial charge >= 0.3 is 0 Å². The molecule has 3 heterocycles. The van der Waals surface area contributed by atoms with Crippen molar-refractivity contribution in [2.45, 2.75) is 0 Å². The number of nitrogens with zero attached hydrogens (tertiary/aromatic N) is 3. The zero-order chi connectivity index (χ0) is 19.1. The van der Waals surface area contributed by atoms with Crippen molar-refractivity contribution in [2.75, 3.05) is 38.1 Å². The third-order valence-corrected chi connectivity index (χ3v) is 5.67. The molecule has 0 saturated carbocycles. The lowest BCUT2D eigenvalue weighted by molar-refractivity contribution is 0.313. The van der Waals surface area contributed by atoms with Gasteiger partial charge in [-0.25, -0.2) is 4.98 Å². The van der Waals surface area contributed by atoms with Crippen LogP contribution in [-0.2, 0) is 0 Å². The number of anilines is 1. The van der Waals surface area contributed by atoms with E-state index in [9.17, 15) is 0 Å². The van der Waals surface area contributed by atoms with Crippen LogP contribution >= 0.6 is 0 Å². The van der Waals surface area contributed by atoms with Crippen LogP contribution in [0.15, 0.2) is 54.6 Å². The first-order valence-corrected chi connectivity index (χ1v) is 9.64. The number of hydrogen-bond acceptors (Lipinski definition) is 3. The van der Waals surface area contributed by atoms with Crippen LogP contribution in [0.25, 0.3) is 33.1 Å². The van der Waals surface area contributed by atoms with Gasteiger partial charge in [0.1, 0.15) is 11.3 Å². The predicted molar refractivity (Wildman–Crippen MR) is 117 cm³/mol. The summed E-state index contributed by atoms with van der Waals surface area (Å²) in [6.45, 7) is 4.41. The summed E-state index contributed by atoms with van der Waals surface area (Å²) in [6.07, 6.45) is 5.48. The van der Waals surface area contributed by atoms with Crippen LogP contribution in [0.3, 0.4) is 0 Å². The van der Waals surface area contributed by atoms with E-state index in [0.717, 1.165) is 42.7 Å². The minimum Gasteiger partial charge on any atom is -0.369 e. The van der Waals surface area contributed by atoms with Gasteiger partial charge in [0.05, 0.1) is 0 Å². The van der Waals surface area contributed by atoms with Gasteiger partial charge in [-0.05, 0) is 54.6 Å². The maximum Gasteiger partial charge on any atom is 0.139 e. The fraction of sp³-hybridized carbons (Fsp3) is 0.208. The SMILES string of the molecule is C#Cc1ccc2c(n1)[nH]c1ccc(-c3ccc(N4CCN(C)CC4)cc3)cc12. The Balaban J connectivity index is 1.48. The molecule has 1 fully saturated rings. The van der Waals surface area contributed by atoms with Gasteiger partial charge in [0.2, 0.25) is 0 Å². The summed E-state index contributed by atoms with van der Waals surface area (Å²) >= 11 is 0. The molecule has 0 spiro atoms. The second-order valence-corrected chi connectivity index (χ2v) is 7.46. The van der Waals surface area contributed by atoms with Gasteiger partial charge in [-0.15, -0.1) is 6.42 Å². The number of nitrogens with one attached hydrogen (secondary N) is 1. The highest BCUT2D eigenvalue weighted by Gasteiger charge is 2.14. The predicted octanol–water partition coefficient (Wildman–Crippen LogP) is 4.12. The first-order chi connectivity index (χ1) is 13.7. The average Bonchev–Trinajstić information content (AvgIpc) is 3.11. The highest BCUT2D eigenvalue weighted by molar-refractivity contribution is 6.07. The molecule has 0 radical (unpaired) electrons. The number of piperazine rings is 1. The molecular formula is C24H22N4. The van der Waals surface area contributed by atoms with E-state index < -0.39 is 0 Å². The largest absolute Gasteiger partial charge is 0.369 e. The number of benzene rings is 2. The van der Waals surface area contributed by atoms with E-state index in [2.05, 4.69) is 81.3 Å². The van der Waals surface area contributed by atoms with Crippen molar-refractivity contribution < 1.29 is 0 Å². The molecule has 0 amide bonds. The highest BCUT2D eigenvalue weighted by Crippen LogP contribution is 2.30. The Morgan fingerprint density at radius 3 is 2.39 bits per heavy atom. The monoisotopic (exact) mass is 366 g/mol. The lowest BCUT2D eigenvalue weighted by Crippen LogP contribution is -2.44. The Hall–Kier alpha value is -3.29. The number of likely N-dealkylation sites (N-methyl/N-ethyl adjacent to an activating group) is 1. The Morgan fingerprint density at radius 1 is 0.893 bits per heavy atom. The summed E-state index contributed by atoms with van der Waals surface area (Å²) in [5.74, 6) is 2.60. The summed E-state index contributed by atoms with van der Waals surface area (Å²) in [5, 5.41) is 2.27. The molecule has 2 aromatic carbocycles. The van der Waals surface area contributed by atoms with Crippen molar-refractivity contribution in [3.63, 3.8) is 0 Å². The molecule has 138 valence electrons. The molecule has 5 rings (SSSR count). The first-order valence-electron chi connectivity index (χ1n) is 9.64. The van der Waals surface area contributed by atoms with E-state index in [1.54, 1.807) is 0 Å². The maximum atomic E-state index is 5.48. The molecule has 0 aliphatic carbocycles. The molecule has 1 N–H and O–H groups in total. The van der Waals surface area contributed by atoms with Gasteiger partial charge in [-0.3, -0.25) is 0 Å². The fourth-order valence-electron chi connectivity index (χ4n) is 3.96. The minimum atomic E-state index is 0.652. The summed E-state index contributed by atoms with van der Waals surface area (Å²) < 4.78 is 0. The van der Waals surface area contributed by atoms with Crippen LogP contribution in [0.4, 0.5) is 5.69 Å². The van der Waals surface area contributed by atoms with Gasteiger partial charge in [0.15, 0.2) is 0 Å². The van der Waals surface area contributed by atoms with Gasteiger partial charge in [-0.2, -0.15) is 0 Å². The molecule has 4 nitrogen and oxygen atoms in total. The number of hydrogen-bond donors (Lipinski definition) is 1. The molecule has 1 aliphatic heterocycles. The molecule has 0 unspecified atom stereocenters. The summed E-state index contributed by atoms with van der Waals surface area (Å²) in [6, 6.07) is 19.4. The molecule has 0 bridgehead atoms. The van der Waals surface area contributed by atoms with E-state index in [1.165, 1.54) is 22.2 Å². The molecule has 4 aromatic rings. The summed E-state index contributed by atoms with van der Waals surface area (Å²) in [5.41, 5.74) is 6.30. The van der Waals surface area contributed by atoms with E-state index in [-0.39, 0.29) is 0 Å². The normalized spacial score (nSPS) is 15.2. The quantitative estimate of drug-likeness (QED) is 0.542. The van der Waals surface area contributed by atoms with Gasteiger partial charge in [0.25, 0.3) is 0 Å². The first kappa shape index (κ1) is 16.9. The number of H-pyrrole nitrogens is 1. The lowest BCUT2D eigenvalue weighted by Gasteiger charge is -2.34. The van der Waals surface area contributed by atoms with E-state index >= 15 is 0 Å². The fourth-order valence-corrected chi connectivity index (χ4v) is 3.96. The molecule has 0 atom stereocenters. The van der Waals surface area contributed by atoms with Crippen molar-refractivity contribution in [3.05, 3.63) is 60.3 Å². The third-order valence-electron chi connectivity index (χ3n) is 5.67.